The molecule has 0 aromatic heterocycles. The predicted molar refractivity (Wildman–Crippen MR) is 60.0 cm³/mol. The zero-order valence-corrected chi connectivity index (χ0v) is 10.3. The van der Waals surface area contributed by atoms with Gasteiger partial charge in [0.2, 0.25) is 0 Å². The fourth-order valence-corrected chi connectivity index (χ4v) is 1.24. The van der Waals surface area contributed by atoms with E-state index in [1.807, 2.05) is 27.7 Å². The van der Waals surface area contributed by atoms with Gasteiger partial charge in [-0.2, -0.15) is 0 Å². The van der Waals surface area contributed by atoms with Crippen LogP contribution in [0.15, 0.2) is 0 Å². The zero-order chi connectivity index (χ0) is 12.1. The van der Waals surface area contributed by atoms with E-state index in [4.69, 9.17) is 9.84 Å². The summed E-state index contributed by atoms with van der Waals surface area (Å²) in [4.78, 5) is 10.7. The molecule has 0 saturated carbocycles. The Bertz CT molecular complexity index is 204. The molecule has 4 heteroatoms. The van der Waals surface area contributed by atoms with Crippen molar-refractivity contribution in [1.82, 2.24) is 5.32 Å². The van der Waals surface area contributed by atoms with Crippen LogP contribution in [0.25, 0.3) is 0 Å². The van der Waals surface area contributed by atoms with Gasteiger partial charge in [-0.25, -0.2) is 0 Å². The van der Waals surface area contributed by atoms with Gasteiger partial charge in [0.25, 0.3) is 0 Å². The van der Waals surface area contributed by atoms with E-state index in [1.165, 1.54) is 0 Å². The van der Waals surface area contributed by atoms with E-state index in [2.05, 4.69) is 5.32 Å². The second-order valence-electron chi connectivity index (χ2n) is 4.49. The van der Waals surface area contributed by atoms with E-state index >= 15 is 0 Å². The van der Waals surface area contributed by atoms with Crippen LogP contribution in [0.5, 0.6) is 0 Å². The Balaban J connectivity index is 3.99. The van der Waals surface area contributed by atoms with E-state index in [1.54, 1.807) is 6.92 Å². The Labute approximate surface area is 92.0 Å². The highest BCUT2D eigenvalue weighted by molar-refractivity contribution is 5.70. The van der Waals surface area contributed by atoms with E-state index in [-0.39, 0.29) is 17.6 Å². The van der Waals surface area contributed by atoms with E-state index in [9.17, 15) is 4.79 Å². The van der Waals surface area contributed by atoms with Crippen molar-refractivity contribution in [2.24, 2.45) is 5.92 Å². The molecule has 0 aliphatic rings. The monoisotopic (exact) mass is 217 g/mol. The van der Waals surface area contributed by atoms with Crippen molar-refractivity contribution >= 4 is 5.97 Å². The SMILES string of the molecule is CCOC(C)(C)CNC(C)C(C)C(=O)O. The molecule has 15 heavy (non-hydrogen) atoms. The van der Waals surface area contributed by atoms with Crippen LogP contribution in [0, 0.1) is 5.92 Å². The predicted octanol–water partition coefficient (Wildman–Crippen LogP) is 1.50. The van der Waals surface area contributed by atoms with Gasteiger partial charge in [0.1, 0.15) is 0 Å². The molecule has 0 aliphatic heterocycles. The number of aliphatic carboxylic acids is 1. The summed E-state index contributed by atoms with van der Waals surface area (Å²) in [6.45, 7) is 10.8. The maximum atomic E-state index is 10.7. The minimum atomic E-state index is -0.774. The summed E-state index contributed by atoms with van der Waals surface area (Å²) >= 11 is 0. The average molecular weight is 217 g/mol. The molecule has 0 bridgehead atoms. The first-order chi connectivity index (χ1) is 6.80. The van der Waals surface area contributed by atoms with Gasteiger partial charge < -0.3 is 15.2 Å². The Kier molecular flexibility index (Phi) is 5.83. The van der Waals surface area contributed by atoms with E-state index in [0.29, 0.717) is 13.2 Å². The summed E-state index contributed by atoms with van der Waals surface area (Å²) in [5.74, 6) is -1.16. The van der Waals surface area contributed by atoms with Gasteiger partial charge in [-0.3, -0.25) is 4.79 Å². The van der Waals surface area contributed by atoms with Gasteiger partial charge in [-0.1, -0.05) is 6.92 Å². The lowest BCUT2D eigenvalue weighted by molar-refractivity contribution is -0.142. The fourth-order valence-electron chi connectivity index (χ4n) is 1.24. The lowest BCUT2D eigenvalue weighted by Crippen LogP contribution is -2.45. The summed E-state index contributed by atoms with van der Waals surface area (Å²) in [6.07, 6.45) is 0. The molecule has 2 atom stereocenters. The highest BCUT2D eigenvalue weighted by Gasteiger charge is 2.23. The maximum absolute atomic E-state index is 10.7. The van der Waals surface area contributed by atoms with Gasteiger partial charge in [0, 0.05) is 19.2 Å². The van der Waals surface area contributed by atoms with E-state index in [0.717, 1.165) is 0 Å². The average Bonchev–Trinajstić information content (AvgIpc) is 2.13. The molecule has 0 fully saturated rings. The molecule has 0 aliphatic carbocycles. The molecule has 0 heterocycles. The van der Waals surface area contributed by atoms with Crippen molar-refractivity contribution in [3.05, 3.63) is 0 Å². The molecule has 0 aromatic rings. The highest BCUT2D eigenvalue weighted by Crippen LogP contribution is 2.09. The largest absolute Gasteiger partial charge is 0.481 e. The van der Waals surface area contributed by atoms with Crippen LogP contribution in [-0.2, 0) is 9.53 Å². The van der Waals surface area contributed by atoms with Crippen molar-refractivity contribution in [1.29, 1.82) is 0 Å². The number of hydrogen-bond donors (Lipinski definition) is 2. The molecule has 2 unspecified atom stereocenters. The smallest absolute Gasteiger partial charge is 0.307 e. The van der Waals surface area contributed by atoms with E-state index < -0.39 is 5.97 Å². The summed E-state index contributed by atoms with van der Waals surface area (Å²) in [6, 6.07) is -0.0535. The first-order valence-corrected chi connectivity index (χ1v) is 5.40. The molecule has 0 aromatic carbocycles. The molecule has 0 amide bonds. The summed E-state index contributed by atoms with van der Waals surface area (Å²) < 4.78 is 5.51. The quantitative estimate of drug-likeness (QED) is 0.678. The highest BCUT2D eigenvalue weighted by atomic mass is 16.5. The van der Waals surface area contributed by atoms with Crippen LogP contribution in [0.2, 0.25) is 0 Å². The number of carboxylic acid groups (broad SMARTS) is 1. The molecular weight excluding hydrogens is 194 g/mol. The van der Waals surface area contributed by atoms with Crippen molar-refractivity contribution in [3.63, 3.8) is 0 Å². The second kappa shape index (κ2) is 6.08. The Morgan fingerprint density at radius 1 is 1.47 bits per heavy atom. The Morgan fingerprint density at radius 2 is 2.00 bits per heavy atom. The second-order valence-corrected chi connectivity index (χ2v) is 4.49. The molecule has 90 valence electrons. The summed E-state index contributed by atoms with van der Waals surface area (Å²) in [5.41, 5.74) is -0.249. The van der Waals surface area contributed by atoms with Gasteiger partial charge >= 0.3 is 5.97 Å². The molecule has 0 radical (unpaired) electrons. The molecule has 0 spiro atoms. The molecule has 2 N–H and O–H groups in total. The van der Waals surface area contributed by atoms with Crippen LogP contribution >= 0.6 is 0 Å². The number of rotatable bonds is 7. The standard InChI is InChI=1S/C11H23NO3/c1-6-15-11(4,5)7-12-9(3)8(2)10(13)14/h8-9,12H,6-7H2,1-5H3,(H,13,14). The first-order valence-electron chi connectivity index (χ1n) is 5.40. The minimum Gasteiger partial charge on any atom is -0.481 e. The maximum Gasteiger partial charge on any atom is 0.307 e. The van der Waals surface area contributed by atoms with Crippen molar-refractivity contribution in [2.45, 2.75) is 46.3 Å². The van der Waals surface area contributed by atoms with Gasteiger partial charge in [-0.15, -0.1) is 0 Å². The summed E-state index contributed by atoms with van der Waals surface area (Å²) in [5, 5.41) is 12.0. The number of ether oxygens (including phenoxy) is 1. The molecular formula is C11H23NO3. The number of carbonyl (C=O) groups is 1. The molecule has 0 rings (SSSR count). The minimum absolute atomic E-state index is 0.0535. The van der Waals surface area contributed by atoms with Crippen molar-refractivity contribution < 1.29 is 14.6 Å². The van der Waals surface area contributed by atoms with Crippen LogP contribution in [-0.4, -0.2) is 35.9 Å². The van der Waals surface area contributed by atoms with Gasteiger partial charge in [0.05, 0.1) is 11.5 Å². The Morgan fingerprint density at radius 3 is 2.40 bits per heavy atom. The normalized spacial score (nSPS) is 16.1. The lowest BCUT2D eigenvalue weighted by Gasteiger charge is -2.28. The van der Waals surface area contributed by atoms with Crippen molar-refractivity contribution in [3.8, 4) is 0 Å². The first kappa shape index (κ1) is 14.4. The third-order valence-corrected chi connectivity index (χ3v) is 2.52. The van der Waals surface area contributed by atoms with Gasteiger partial charge in [0.15, 0.2) is 0 Å². The molecule has 0 saturated heterocycles. The molecule has 4 nitrogen and oxygen atoms in total. The van der Waals surface area contributed by atoms with Crippen molar-refractivity contribution in [2.75, 3.05) is 13.2 Å². The third kappa shape index (κ3) is 5.74. The third-order valence-electron chi connectivity index (χ3n) is 2.52. The van der Waals surface area contributed by atoms with Crippen LogP contribution in [0.4, 0.5) is 0 Å². The van der Waals surface area contributed by atoms with Crippen LogP contribution < -0.4 is 5.32 Å². The summed E-state index contributed by atoms with van der Waals surface area (Å²) in [7, 11) is 0. The van der Waals surface area contributed by atoms with Gasteiger partial charge in [-0.05, 0) is 27.7 Å². The Hall–Kier alpha value is -0.610. The van der Waals surface area contributed by atoms with Crippen LogP contribution in [0.1, 0.15) is 34.6 Å². The number of carboxylic acids is 1. The zero-order valence-electron chi connectivity index (χ0n) is 10.3. The van der Waals surface area contributed by atoms with Crippen LogP contribution in [0.3, 0.4) is 0 Å². The topological polar surface area (TPSA) is 58.6 Å². The fraction of sp³-hybridized carbons (Fsp3) is 0.909. The number of nitrogens with one attached hydrogen (secondary N) is 1. The number of hydrogen-bond acceptors (Lipinski definition) is 3. The lowest BCUT2D eigenvalue weighted by atomic mass is 10.0.